The van der Waals surface area contributed by atoms with Gasteiger partial charge in [-0.1, -0.05) is 6.07 Å². The Labute approximate surface area is 152 Å². The molecule has 0 unspecified atom stereocenters. The summed E-state index contributed by atoms with van der Waals surface area (Å²) in [5, 5.41) is 9.76. The summed E-state index contributed by atoms with van der Waals surface area (Å²) in [6.45, 7) is 0.136. The second-order valence-corrected chi connectivity index (χ2v) is 5.82. The third-order valence-corrected chi connectivity index (χ3v) is 3.86. The van der Waals surface area contributed by atoms with Crippen LogP contribution in [0.1, 0.15) is 5.56 Å². The molecule has 0 saturated carbocycles. The van der Waals surface area contributed by atoms with Crippen molar-refractivity contribution in [3.05, 3.63) is 48.0 Å². The van der Waals surface area contributed by atoms with Crippen LogP contribution in [0.3, 0.4) is 0 Å². The van der Waals surface area contributed by atoms with Crippen LogP contribution >= 0.6 is 0 Å². The van der Waals surface area contributed by atoms with Crippen molar-refractivity contribution in [2.24, 2.45) is 0 Å². The van der Waals surface area contributed by atoms with Gasteiger partial charge in [0.25, 0.3) is 0 Å². The van der Waals surface area contributed by atoms with E-state index in [9.17, 15) is 18.0 Å². The van der Waals surface area contributed by atoms with Gasteiger partial charge in [-0.25, -0.2) is 0 Å². The number of likely N-dealkylation sites (N-methyl/N-ethyl adjacent to an activating group) is 2. The average molecular weight is 378 g/mol. The molecule has 3 aromatic rings. The summed E-state index contributed by atoms with van der Waals surface area (Å²) in [6, 6.07) is 9.90. The Hall–Kier alpha value is -3.30. The highest BCUT2D eigenvalue weighted by Crippen LogP contribution is 2.30. The van der Waals surface area contributed by atoms with E-state index in [1.165, 1.54) is 12.1 Å². The van der Waals surface area contributed by atoms with E-state index < -0.39 is 11.7 Å². The van der Waals surface area contributed by atoms with Gasteiger partial charge >= 0.3 is 6.18 Å². The van der Waals surface area contributed by atoms with Gasteiger partial charge in [0.1, 0.15) is 5.82 Å². The highest BCUT2D eigenvalue weighted by Gasteiger charge is 2.29. The number of carbonyl (C=O) groups is 1. The van der Waals surface area contributed by atoms with Crippen LogP contribution in [0.25, 0.3) is 5.65 Å². The van der Waals surface area contributed by atoms with Crippen LogP contribution in [0.5, 0.6) is 0 Å². The van der Waals surface area contributed by atoms with Gasteiger partial charge in [0.2, 0.25) is 11.9 Å². The number of fused-ring (bicyclic) bond motifs is 1. The van der Waals surface area contributed by atoms with Crippen LogP contribution in [0, 0.1) is 0 Å². The number of halogens is 3. The van der Waals surface area contributed by atoms with Gasteiger partial charge in [-0.2, -0.15) is 22.7 Å². The minimum absolute atomic E-state index is 0.136. The van der Waals surface area contributed by atoms with Crippen molar-refractivity contribution in [1.82, 2.24) is 19.9 Å². The summed E-state index contributed by atoms with van der Waals surface area (Å²) >= 11 is 0. The summed E-state index contributed by atoms with van der Waals surface area (Å²) in [5.41, 5.74) is 0.235. The molecule has 3 rings (SSSR count). The Morgan fingerprint density at radius 2 is 1.89 bits per heavy atom. The van der Waals surface area contributed by atoms with Gasteiger partial charge in [0.05, 0.1) is 12.1 Å². The van der Waals surface area contributed by atoms with Crippen molar-refractivity contribution in [1.29, 1.82) is 0 Å². The van der Waals surface area contributed by atoms with Crippen molar-refractivity contribution in [3.63, 3.8) is 0 Å². The monoisotopic (exact) mass is 378 g/mol. The first kappa shape index (κ1) is 18.5. The van der Waals surface area contributed by atoms with E-state index in [0.29, 0.717) is 17.2 Å². The molecule has 1 amide bonds. The van der Waals surface area contributed by atoms with E-state index in [2.05, 4.69) is 20.7 Å². The summed E-state index contributed by atoms with van der Waals surface area (Å²) in [4.78, 5) is 17.6. The molecule has 0 aliphatic heterocycles. The molecule has 142 valence electrons. The summed E-state index contributed by atoms with van der Waals surface area (Å²) in [6.07, 6.45) is -4.38. The first-order valence-electron chi connectivity index (χ1n) is 8.00. The summed E-state index contributed by atoms with van der Waals surface area (Å²) < 4.78 is 39.5. The molecule has 1 aromatic carbocycles. The maximum Gasteiger partial charge on any atom is 0.416 e. The predicted molar refractivity (Wildman–Crippen MR) is 95.1 cm³/mol. The Balaban J connectivity index is 1.84. The molecule has 0 aliphatic carbocycles. The van der Waals surface area contributed by atoms with Crippen molar-refractivity contribution < 1.29 is 18.0 Å². The molecule has 0 atom stereocenters. The molecule has 2 N–H and O–H groups in total. The Bertz CT molecular complexity index is 951. The molecular formula is C17H17F3N6O. The minimum atomic E-state index is -4.38. The minimum Gasteiger partial charge on any atom is -0.358 e. The third kappa shape index (κ3) is 4.10. The number of hydrogen-bond donors (Lipinski definition) is 2. The number of rotatable bonds is 5. The summed E-state index contributed by atoms with van der Waals surface area (Å²) in [7, 11) is 3.30. The van der Waals surface area contributed by atoms with E-state index in [1.807, 2.05) is 0 Å². The molecule has 7 nitrogen and oxygen atoms in total. The lowest BCUT2D eigenvalue weighted by Gasteiger charge is -2.18. The zero-order valence-electron chi connectivity index (χ0n) is 14.6. The van der Waals surface area contributed by atoms with Gasteiger partial charge in [-0.05, 0) is 36.4 Å². The second kappa shape index (κ2) is 7.14. The third-order valence-electron chi connectivity index (χ3n) is 3.86. The highest BCUT2D eigenvalue weighted by molar-refractivity contribution is 5.80. The fourth-order valence-corrected chi connectivity index (χ4v) is 2.48. The fraction of sp³-hybridized carbons (Fsp3) is 0.235. The number of pyridine rings is 1. The van der Waals surface area contributed by atoms with Gasteiger partial charge < -0.3 is 15.5 Å². The van der Waals surface area contributed by atoms with Crippen molar-refractivity contribution >= 4 is 29.0 Å². The van der Waals surface area contributed by atoms with E-state index in [4.69, 9.17) is 0 Å². The molecule has 2 heterocycles. The lowest BCUT2D eigenvalue weighted by molar-refractivity contribution is -0.137. The number of benzene rings is 1. The van der Waals surface area contributed by atoms with E-state index in [1.54, 1.807) is 41.7 Å². The lowest BCUT2D eigenvalue weighted by Crippen LogP contribution is -2.33. The lowest BCUT2D eigenvalue weighted by atomic mass is 10.2. The van der Waals surface area contributed by atoms with Crippen LogP contribution in [0.2, 0.25) is 0 Å². The number of amides is 1. The maximum atomic E-state index is 12.6. The standard InChI is InChI=1S/C17H17F3N6O/c1-21-14(27)10-25(2)15-5-3-4-13-23-16(24-26(13)15)22-12-8-6-11(7-9-12)17(18,19)20/h3-9H,10H2,1-2H3,(H,21,27)(H,22,24). The molecule has 0 bridgehead atoms. The van der Waals surface area contributed by atoms with E-state index >= 15 is 0 Å². The Morgan fingerprint density at radius 3 is 2.52 bits per heavy atom. The molecule has 0 fully saturated rings. The van der Waals surface area contributed by atoms with Gasteiger partial charge in [-0.15, -0.1) is 5.10 Å². The zero-order chi connectivity index (χ0) is 19.6. The molecule has 10 heteroatoms. The Kier molecular flexibility index (Phi) is 4.89. The topological polar surface area (TPSA) is 74.6 Å². The van der Waals surface area contributed by atoms with Crippen LogP contribution in [-0.2, 0) is 11.0 Å². The number of aromatic nitrogens is 3. The van der Waals surface area contributed by atoms with Gasteiger partial charge in [0.15, 0.2) is 5.65 Å². The van der Waals surface area contributed by atoms with Crippen LogP contribution in [-0.4, -0.2) is 41.1 Å². The van der Waals surface area contributed by atoms with Crippen molar-refractivity contribution in [3.8, 4) is 0 Å². The molecule has 0 aliphatic rings. The Morgan fingerprint density at radius 1 is 1.19 bits per heavy atom. The normalized spacial score (nSPS) is 11.4. The first-order valence-corrected chi connectivity index (χ1v) is 8.00. The van der Waals surface area contributed by atoms with Gasteiger partial charge in [-0.3, -0.25) is 4.79 Å². The molecule has 0 radical (unpaired) electrons. The number of hydrogen-bond acceptors (Lipinski definition) is 5. The maximum absolute atomic E-state index is 12.6. The quantitative estimate of drug-likeness (QED) is 0.714. The van der Waals surface area contributed by atoms with Crippen LogP contribution in [0.4, 0.5) is 30.6 Å². The average Bonchev–Trinajstić information content (AvgIpc) is 3.03. The second-order valence-electron chi connectivity index (χ2n) is 5.82. The van der Waals surface area contributed by atoms with Crippen LogP contribution in [0.15, 0.2) is 42.5 Å². The molecular weight excluding hydrogens is 361 g/mol. The molecule has 0 saturated heterocycles. The number of anilines is 3. The highest BCUT2D eigenvalue weighted by atomic mass is 19.4. The fourth-order valence-electron chi connectivity index (χ4n) is 2.48. The molecule has 2 aromatic heterocycles. The largest absolute Gasteiger partial charge is 0.416 e. The van der Waals surface area contributed by atoms with Gasteiger partial charge in [0, 0.05) is 19.8 Å². The number of alkyl halides is 3. The van der Waals surface area contributed by atoms with E-state index in [-0.39, 0.29) is 18.4 Å². The number of nitrogens with one attached hydrogen (secondary N) is 2. The van der Waals surface area contributed by atoms with E-state index in [0.717, 1.165) is 12.1 Å². The zero-order valence-corrected chi connectivity index (χ0v) is 14.6. The van der Waals surface area contributed by atoms with Crippen molar-refractivity contribution in [2.45, 2.75) is 6.18 Å². The molecule has 27 heavy (non-hydrogen) atoms. The van der Waals surface area contributed by atoms with Crippen molar-refractivity contribution in [2.75, 3.05) is 30.9 Å². The summed E-state index contributed by atoms with van der Waals surface area (Å²) in [5.74, 6) is 0.720. The smallest absolute Gasteiger partial charge is 0.358 e. The SMILES string of the molecule is CNC(=O)CN(C)c1cccc2nc(Nc3ccc(C(F)(F)F)cc3)nn12. The van der Waals surface area contributed by atoms with Crippen LogP contribution < -0.4 is 15.5 Å². The first-order chi connectivity index (χ1) is 12.8. The number of carbonyl (C=O) groups excluding carboxylic acids is 1. The molecule has 0 spiro atoms. The number of nitrogens with zero attached hydrogens (tertiary/aromatic N) is 4. The predicted octanol–water partition coefficient (Wildman–Crippen LogP) is 2.67.